The van der Waals surface area contributed by atoms with Crippen molar-refractivity contribution in [2.24, 2.45) is 0 Å². The number of furan rings is 1. The van der Waals surface area contributed by atoms with Crippen molar-refractivity contribution in [2.45, 2.75) is 0 Å². The minimum absolute atomic E-state index is 0.258. The van der Waals surface area contributed by atoms with E-state index < -0.39 is 0 Å². The van der Waals surface area contributed by atoms with Crippen LogP contribution < -0.4 is 5.32 Å². The van der Waals surface area contributed by atoms with Gasteiger partial charge in [-0.3, -0.25) is 4.79 Å². The van der Waals surface area contributed by atoms with Gasteiger partial charge < -0.3 is 9.73 Å². The third kappa shape index (κ3) is 2.44. The van der Waals surface area contributed by atoms with Gasteiger partial charge in [-0.15, -0.1) is 0 Å². The first kappa shape index (κ1) is 11.7. The molecule has 0 fully saturated rings. The summed E-state index contributed by atoms with van der Waals surface area (Å²) in [6.07, 6.45) is 1.52. The van der Waals surface area contributed by atoms with Gasteiger partial charge in [0.1, 0.15) is 10.7 Å². The topological polar surface area (TPSA) is 55.1 Å². The average molecular weight is 273 g/mol. The number of rotatable bonds is 2. The normalized spacial score (nSPS) is 10.6. The highest BCUT2D eigenvalue weighted by Crippen LogP contribution is 2.20. The molecular formula is C14H9ClN2O2. The number of hydrogen-bond donors (Lipinski definition) is 1. The maximum atomic E-state index is 12.0. The van der Waals surface area contributed by atoms with E-state index in [1.807, 2.05) is 24.3 Å². The third-order valence-corrected chi connectivity index (χ3v) is 2.84. The number of hydrogen-bond acceptors (Lipinski definition) is 3. The summed E-state index contributed by atoms with van der Waals surface area (Å²) < 4.78 is 5.47. The number of aromatic nitrogens is 1. The van der Waals surface area contributed by atoms with Gasteiger partial charge in [-0.2, -0.15) is 0 Å². The second-order valence-electron chi connectivity index (χ2n) is 3.97. The molecule has 0 aliphatic rings. The van der Waals surface area contributed by atoms with Crippen LogP contribution in [-0.4, -0.2) is 10.9 Å². The molecule has 0 aliphatic heterocycles. The Morgan fingerprint density at radius 1 is 1.21 bits per heavy atom. The summed E-state index contributed by atoms with van der Waals surface area (Å²) in [7, 11) is 0. The molecule has 0 saturated heterocycles. The molecule has 0 aliphatic carbocycles. The lowest BCUT2D eigenvalue weighted by Gasteiger charge is -2.02. The molecule has 0 radical (unpaired) electrons. The quantitative estimate of drug-likeness (QED) is 0.723. The molecule has 0 saturated carbocycles. The predicted octanol–water partition coefficient (Wildman–Crippen LogP) is 3.73. The number of amides is 1. The minimum Gasteiger partial charge on any atom is -0.451 e. The molecule has 2 aromatic heterocycles. The highest BCUT2D eigenvalue weighted by Gasteiger charge is 2.12. The standard InChI is InChI=1S/C14H9ClN2O2/c15-13-8-10(5-6-16-13)17-14(18)12-7-9-3-1-2-4-11(9)19-12/h1-8H,(H,16,17,18). The Bertz CT molecular complexity index is 719. The van der Waals surface area contributed by atoms with Gasteiger partial charge in [-0.25, -0.2) is 4.98 Å². The summed E-state index contributed by atoms with van der Waals surface area (Å²) in [5.41, 5.74) is 1.26. The number of anilines is 1. The Morgan fingerprint density at radius 3 is 2.84 bits per heavy atom. The van der Waals surface area contributed by atoms with Crippen LogP contribution in [0.25, 0.3) is 11.0 Å². The zero-order chi connectivity index (χ0) is 13.2. The molecule has 0 unspecified atom stereocenters. The fourth-order valence-electron chi connectivity index (χ4n) is 1.77. The maximum Gasteiger partial charge on any atom is 0.291 e. The van der Waals surface area contributed by atoms with Crippen molar-refractivity contribution in [1.82, 2.24) is 4.98 Å². The molecule has 3 rings (SSSR count). The summed E-state index contributed by atoms with van der Waals surface area (Å²) in [6, 6.07) is 12.4. The first-order chi connectivity index (χ1) is 9.22. The Labute approximate surface area is 114 Å². The highest BCUT2D eigenvalue weighted by molar-refractivity contribution is 6.29. The zero-order valence-corrected chi connectivity index (χ0v) is 10.5. The number of fused-ring (bicyclic) bond motifs is 1. The molecule has 2 heterocycles. The van der Waals surface area contributed by atoms with Crippen molar-refractivity contribution in [1.29, 1.82) is 0 Å². The Balaban J connectivity index is 1.87. The van der Waals surface area contributed by atoms with Crippen LogP contribution in [0.3, 0.4) is 0 Å². The molecule has 19 heavy (non-hydrogen) atoms. The SMILES string of the molecule is O=C(Nc1ccnc(Cl)c1)c1cc2ccccc2o1. The molecule has 1 amide bonds. The van der Waals surface area contributed by atoms with Gasteiger partial charge in [0.15, 0.2) is 5.76 Å². The molecular weight excluding hydrogens is 264 g/mol. The van der Waals surface area contributed by atoms with Crippen LogP contribution in [0, 0.1) is 0 Å². The number of nitrogens with zero attached hydrogens (tertiary/aromatic N) is 1. The molecule has 94 valence electrons. The first-order valence-corrected chi connectivity index (χ1v) is 6.02. The number of halogens is 1. The van der Waals surface area contributed by atoms with Crippen molar-refractivity contribution < 1.29 is 9.21 Å². The molecule has 0 spiro atoms. The largest absolute Gasteiger partial charge is 0.451 e. The van der Waals surface area contributed by atoms with E-state index in [4.69, 9.17) is 16.0 Å². The number of benzene rings is 1. The van der Waals surface area contributed by atoms with E-state index >= 15 is 0 Å². The van der Waals surface area contributed by atoms with Gasteiger partial charge in [0.05, 0.1) is 0 Å². The van der Waals surface area contributed by atoms with Crippen LogP contribution in [0.5, 0.6) is 0 Å². The van der Waals surface area contributed by atoms with E-state index in [-0.39, 0.29) is 11.7 Å². The summed E-state index contributed by atoms with van der Waals surface area (Å²) in [6.45, 7) is 0. The van der Waals surface area contributed by atoms with Crippen LogP contribution in [-0.2, 0) is 0 Å². The maximum absolute atomic E-state index is 12.0. The van der Waals surface area contributed by atoms with Crippen LogP contribution in [0.15, 0.2) is 53.1 Å². The first-order valence-electron chi connectivity index (χ1n) is 5.64. The monoisotopic (exact) mass is 272 g/mol. The van der Waals surface area contributed by atoms with Gasteiger partial charge in [-0.1, -0.05) is 29.8 Å². The lowest BCUT2D eigenvalue weighted by atomic mass is 10.2. The van der Waals surface area contributed by atoms with Crippen molar-refractivity contribution >= 4 is 34.2 Å². The average Bonchev–Trinajstić information content (AvgIpc) is 2.82. The fourth-order valence-corrected chi connectivity index (χ4v) is 1.94. The Kier molecular flexibility index (Phi) is 2.93. The third-order valence-electron chi connectivity index (χ3n) is 2.63. The molecule has 5 heteroatoms. The van der Waals surface area contributed by atoms with Crippen molar-refractivity contribution in [3.63, 3.8) is 0 Å². The molecule has 3 aromatic rings. The second kappa shape index (κ2) is 4.74. The minimum atomic E-state index is -0.321. The van der Waals surface area contributed by atoms with Gasteiger partial charge in [0.25, 0.3) is 5.91 Å². The molecule has 0 atom stereocenters. The fraction of sp³-hybridized carbons (Fsp3) is 0. The van der Waals surface area contributed by atoms with Crippen molar-refractivity contribution in [2.75, 3.05) is 5.32 Å². The van der Waals surface area contributed by atoms with Crippen molar-refractivity contribution in [3.05, 3.63) is 59.6 Å². The number of carbonyl (C=O) groups excluding carboxylic acids is 1. The van der Waals surface area contributed by atoms with E-state index in [9.17, 15) is 4.79 Å². The number of para-hydroxylation sites is 1. The predicted molar refractivity (Wildman–Crippen MR) is 73.4 cm³/mol. The van der Waals surface area contributed by atoms with E-state index in [1.54, 1.807) is 18.2 Å². The van der Waals surface area contributed by atoms with Gasteiger partial charge in [0.2, 0.25) is 0 Å². The summed E-state index contributed by atoms with van der Waals surface area (Å²) >= 11 is 5.75. The van der Waals surface area contributed by atoms with Gasteiger partial charge >= 0.3 is 0 Å². The van der Waals surface area contributed by atoms with Crippen molar-refractivity contribution in [3.8, 4) is 0 Å². The Morgan fingerprint density at radius 2 is 2.05 bits per heavy atom. The molecule has 4 nitrogen and oxygen atoms in total. The lowest BCUT2D eigenvalue weighted by Crippen LogP contribution is -2.10. The van der Waals surface area contributed by atoms with Crippen LogP contribution in [0.4, 0.5) is 5.69 Å². The van der Waals surface area contributed by atoms with E-state index in [2.05, 4.69) is 10.3 Å². The van der Waals surface area contributed by atoms with Crippen LogP contribution in [0.1, 0.15) is 10.6 Å². The molecule has 1 N–H and O–H groups in total. The van der Waals surface area contributed by atoms with Crippen LogP contribution >= 0.6 is 11.6 Å². The molecule has 0 bridgehead atoms. The van der Waals surface area contributed by atoms with Crippen LogP contribution in [0.2, 0.25) is 5.15 Å². The second-order valence-corrected chi connectivity index (χ2v) is 4.36. The Hall–Kier alpha value is -2.33. The summed E-state index contributed by atoms with van der Waals surface area (Å²) in [4.78, 5) is 15.9. The molecule has 1 aromatic carbocycles. The number of carbonyl (C=O) groups is 1. The zero-order valence-electron chi connectivity index (χ0n) is 9.76. The number of nitrogens with one attached hydrogen (secondary N) is 1. The van der Waals surface area contributed by atoms with E-state index in [1.165, 1.54) is 6.20 Å². The summed E-state index contributed by atoms with van der Waals surface area (Å²) in [5, 5.41) is 3.91. The highest BCUT2D eigenvalue weighted by atomic mass is 35.5. The van der Waals surface area contributed by atoms with E-state index in [0.29, 0.717) is 16.4 Å². The smallest absolute Gasteiger partial charge is 0.291 e. The lowest BCUT2D eigenvalue weighted by molar-refractivity contribution is 0.0998. The van der Waals surface area contributed by atoms with Gasteiger partial charge in [0, 0.05) is 17.3 Å². The van der Waals surface area contributed by atoms with E-state index in [0.717, 1.165) is 5.39 Å². The number of pyridine rings is 1. The summed E-state index contributed by atoms with van der Waals surface area (Å²) in [5.74, 6) is -0.0624. The van der Waals surface area contributed by atoms with Gasteiger partial charge in [-0.05, 0) is 24.3 Å².